The Kier molecular flexibility index (Phi) is 6.33. The van der Waals surface area contributed by atoms with Gasteiger partial charge >= 0.3 is 5.97 Å². The van der Waals surface area contributed by atoms with E-state index >= 15 is 0 Å². The first kappa shape index (κ1) is 17.5. The number of carbonyl (C=O) groups is 2. The molecule has 0 aliphatic heterocycles. The van der Waals surface area contributed by atoms with E-state index in [1.807, 2.05) is 6.92 Å². The molecule has 126 valence electrons. The summed E-state index contributed by atoms with van der Waals surface area (Å²) < 4.78 is 10.7. The molecule has 0 fully saturated rings. The van der Waals surface area contributed by atoms with Crippen molar-refractivity contribution in [1.82, 2.24) is 0 Å². The molecule has 24 heavy (non-hydrogen) atoms. The fraction of sp³-hybridized carbons (Fsp3) is 0.222. The van der Waals surface area contributed by atoms with E-state index in [9.17, 15) is 9.59 Å². The number of carboxylic acid groups (broad SMARTS) is 1. The van der Waals surface area contributed by atoms with Crippen LogP contribution in [0.3, 0.4) is 0 Å². The highest BCUT2D eigenvalue weighted by atomic mass is 16.5. The molecule has 2 aromatic carbocycles. The zero-order valence-electron chi connectivity index (χ0n) is 13.3. The van der Waals surface area contributed by atoms with Gasteiger partial charge in [0.05, 0.1) is 12.2 Å². The lowest BCUT2D eigenvalue weighted by Gasteiger charge is -2.09. The van der Waals surface area contributed by atoms with Crippen LogP contribution >= 0.6 is 0 Å². The Hall–Kier alpha value is -2.86. The van der Waals surface area contributed by atoms with Crippen LogP contribution in [0, 0.1) is 0 Å². The summed E-state index contributed by atoms with van der Waals surface area (Å²) in [5, 5.41) is 11.6. The van der Waals surface area contributed by atoms with E-state index in [1.165, 1.54) is 12.1 Å². The Morgan fingerprint density at radius 2 is 1.79 bits per heavy atom. The van der Waals surface area contributed by atoms with E-state index in [-0.39, 0.29) is 11.5 Å². The number of carboxylic acids is 1. The maximum absolute atomic E-state index is 12.3. The molecule has 0 heterocycles. The Labute approximate surface area is 140 Å². The number of rotatable bonds is 8. The smallest absolute Gasteiger partial charge is 0.335 e. The highest BCUT2D eigenvalue weighted by Crippen LogP contribution is 2.16. The molecule has 0 saturated carbocycles. The van der Waals surface area contributed by atoms with Crippen LogP contribution in [0.1, 0.15) is 27.6 Å². The van der Waals surface area contributed by atoms with Crippen molar-refractivity contribution in [2.45, 2.75) is 6.92 Å². The van der Waals surface area contributed by atoms with E-state index < -0.39 is 5.97 Å². The van der Waals surface area contributed by atoms with Crippen molar-refractivity contribution < 1.29 is 24.2 Å². The molecule has 0 saturated heterocycles. The number of ether oxygens (including phenoxy) is 2. The zero-order valence-corrected chi connectivity index (χ0v) is 13.3. The summed E-state index contributed by atoms with van der Waals surface area (Å²) in [5.41, 5.74) is 1.14. The molecule has 0 aliphatic rings. The van der Waals surface area contributed by atoms with E-state index in [2.05, 4.69) is 5.32 Å². The normalized spacial score (nSPS) is 10.2. The topological polar surface area (TPSA) is 84.9 Å². The summed E-state index contributed by atoms with van der Waals surface area (Å²) in [7, 11) is 0. The van der Waals surface area contributed by atoms with Crippen LogP contribution in [-0.2, 0) is 4.74 Å². The molecular formula is C18H19NO5. The summed E-state index contributed by atoms with van der Waals surface area (Å²) in [6.07, 6.45) is 0. The molecule has 0 radical (unpaired) electrons. The monoisotopic (exact) mass is 329 g/mol. The molecule has 2 aromatic rings. The number of anilines is 1. The molecule has 0 spiro atoms. The third-order valence-electron chi connectivity index (χ3n) is 3.19. The van der Waals surface area contributed by atoms with Crippen LogP contribution in [0.25, 0.3) is 0 Å². The van der Waals surface area contributed by atoms with Crippen LogP contribution in [-0.4, -0.2) is 36.8 Å². The molecule has 0 aliphatic carbocycles. The van der Waals surface area contributed by atoms with Gasteiger partial charge < -0.3 is 19.9 Å². The largest absolute Gasteiger partial charge is 0.491 e. The van der Waals surface area contributed by atoms with Crippen LogP contribution in [0.2, 0.25) is 0 Å². The number of aromatic carboxylic acids is 1. The molecular weight excluding hydrogens is 310 g/mol. The van der Waals surface area contributed by atoms with E-state index in [4.69, 9.17) is 14.6 Å². The van der Waals surface area contributed by atoms with Gasteiger partial charge in [0.25, 0.3) is 5.91 Å². The van der Waals surface area contributed by atoms with Crippen molar-refractivity contribution in [3.05, 3.63) is 59.7 Å². The fourth-order valence-corrected chi connectivity index (χ4v) is 1.99. The lowest BCUT2D eigenvalue weighted by molar-refractivity contribution is 0.0696. The first-order valence-electron chi connectivity index (χ1n) is 7.55. The second-order valence-electron chi connectivity index (χ2n) is 4.91. The van der Waals surface area contributed by atoms with Crippen molar-refractivity contribution in [3.63, 3.8) is 0 Å². The summed E-state index contributed by atoms with van der Waals surface area (Å²) in [5.74, 6) is -0.721. The third kappa shape index (κ3) is 5.10. The third-order valence-corrected chi connectivity index (χ3v) is 3.19. The molecule has 0 unspecified atom stereocenters. The summed E-state index contributed by atoms with van der Waals surface area (Å²) >= 11 is 0. The lowest BCUT2D eigenvalue weighted by Crippen LogP contribution is -2.12. The lowest BCUT2D eigenvalue weighted by atomic mass is 10.1. The zero-order chi connectivity index (χ0) is 17.4. The highest BCUT2D eigenvalue weighted by Gasteiger charge is 2.08. The molecule has 2 N–H and O–H groups in total. The van der Waals surface area contributed by atoms with Gasteiger partial charge in [-0.2, -0.15) is 0 Å². The number of benzene rings is 2. The molecule has 6 nitrogen and oxygen atoms in total. The number of carbonyl (C=O) groups excluding carboxylic acids is 1. The quantitative estimate of drug-likeness (QED) is 0.727. The minimum atomic E-state index is -1.01. The van der Waals surface area contributed by atoms with Gasteiger partial charge in [0.1, 0.15) is 12.4 Å². The van der Waals surface area contributed by atoms with Gasteiger partial charge in [-0.25, -0.2) is 4.79 Å². The van der Waals surface area contributed by atoms with Crippen LogP contribution in [0.5, 0.6) is 5.75 Å². The minimum absolute atomic E-state index is 0.165. The van der Waals surface area contributed by atoms with Gasteiger partial charge in [0, 0.05) is 17.9 Å². The molecule has 1 amide bonds. The number of nitrogens with one attached hydrogen (secondary N) is 1. The van der Waals surface area contributed by atoms with Crippen molar-refractivity contribution in [3.8, 4) is 5.75 Å². The minimum Gasteiger partial charge on any atom is -0.491 e. The summed E-state index contributed by atoms with van der Waals surface area (Å²) in [6, 6.07) is 12.8. The van der Waals surface area contributed by atoms with Gasteiger partial charge in [-0.15, -0.1) is 0 Å². The summed E-state index contributed by atoms with van der Waals surface area (Å²) in [4.78, 5) is 23.1. The predicted octanol–water partition coefficient (Wildman–Crippen LogP) is 3.05. The van der Waals surface area contributed by atoms with E-state index in [0.29, 0.717) is 36.8 Å². The Morgan fingerprint density at radius 3 is 2.46 bits per heavy atom. The average Bonchev–Trinajstić information content (AvgIpc) is 2.59. The standard InChI is InChI=1S/C18H19NO5/c1-2-23-10-11-24-16-5-3-4-14(12-16)17(20)19-15-8-6-13(7-9-15)18(21)22/h3-9,12H,2,10-11H2,1H3,(H,19,20)(H,21,22). The maximum Gasteiger partial charge on any atom is 0.335 e. The number of amides is 1. The van der Waals surface area contributed by atoms with Gasteiger partial charge in [0.2, 0.25) is 0 Å². The first-order valence-corrected chi connectivity index (χ1v) is 7.55. The number of hydrogen-bond acceptors (Lipinski definition) is 4. The van der Waals surface area contributed by atoms with Crippen molar-refractivity contribution >= 4 is 17.6 Å². The van der Waals surface area contributed by atoms with Crippen molar-refractivity contribution in [1.29, 1.82) is 0 Å². The predicted molar refractivity (Wildman–Crippen MR) is 89.8 cm³/mol. The number of hydrogen-bond donors (Lipinski definition) is 2. The Bertz CT molecular complexity index is 697. The van der Waals surface area contributed by atoms with Gasteiger partial charge in [-0.1, -0.05) is 6.07 Å². The van der Waals surface area contributed by atoms with E-state index in [1.54, 1.807) is 36.4 Å². The van der Waals surface area contributed by atoms with Gasteiger partial charge in [-0.05, 0) is 49.4 Å². The van der Waals surface area contributed by atoms with Crippen molar-refractivity contribution in [2.75, 3.05) is 25.1 Å². The van der Waals surface area contributed by atoms with E-state index in [0.717, 1.165) is 0 Å². The molecule has 0 aromatic heterocycles. The van der Waals surface area contributed by atoms with Crippen LogP contribution < -0.4 is 10.1 Å². The van der Waals surface area contributed by atoms with Crippen LogP contribution in [0.4, 0.5) is 5.69 Å². The molecule has 6 heteroatoms. The Morgan fingerprint density at radius 1 is 1.04 bits per heavy atom. The van der Waals surface area contributed by atoms with Crippen LogP contribution in [0.15, 0.2) is 48.5 Å². The second-order valence-corrected chi connectivity index (χ2v) is 4.91. The average molecular weight is 329 g/mol. The Balaban J connectivity index is 1.97. The second kappa shape index (κ2) is 8.69. The maximum atomic E-state index is 12.3. The highest BCUT2D eigenvalue weighted by molar-refractivity contribution is 6.04. The fourth-order valence-electron chi connectivity index (χ4n) is 1.99. The molecule has 0 bridgehead atoms. The van der Waals surface area contributed by atoms with Gasteiger partial charge in [-0.3, -0.25) is 4.79 Å². The van der Waals surface area contributed by atoms with Crippen molar-refractivity contribution in [2.24, 2.45) is 0 Å². The molecule has 0 atom stereocenters. The summed E-state index contributed by atoms with van der Waals surface area (Å²) in [6.45, 7) is 3.44. The SMILES string of the molecule is CCOCCOc1cccc(C(=O)Nc2ccc(C(=O)O)cc2)c1. The molecule has 2 rings (SSSR count). The van der Waals surface area contributed by atoms with Gasteiger partial charge in [0.15, 0.2) is 0 Å². The first-order chi connectivity index (χ1) is 11.6.